The van der Waals surface area contributed by atoms with Crippen LogP contribution in [-0.2, 0) is 6.42 Å². The topological polar surface area (TPSA) is 46.8 Å². The number of anilines is 1. The number of hydrogen-bond acceptors (Lipinski definition) is 4. The number of halogens is 1. The van der Waals surface area contributed by atoms with Crippen LogP contribution in [0.25, 0.3) is 0 Å². The third-order valence-corrected chi connectivity index (χ3v) is 6.36. The first-order chi connectivity index (χ1) is 13.7. The van der Waals surface area contributed by atoms with Crippen LogP contribution in [0.1, 0.15) is 67.2 Å². The number of para-hydroxylation sites is 1. The van der Waals surface area contributed by atoms with Crippen LogP contribution >= 0.6 is 0 Å². The first-order valence-corrected chi connectivity index (χ1v) is 10.4. The summed E-state index contributed by atoms with van der Waals surface area (Å²) in [4.78, 5) is 2.52. The molecule has 2 atom stereocenters. The van der Waals surface area contributed by atoms with Crippen molar-refractivity contribution in [1.29, 1.82) is 0 Å². The van der Waals surface area contributed by atoms with Crippen LogP contribution in [0, 0.1) is 6.92 Å². The van der Waals surface area contributed by atoms with E-state index in [1.807, 2.05) is 0 Å². The Kier molecular flexibility index (Phi) is 5.59. The highest BCUT2D eigenvalue weighted by molar-refractivity contribution is 5.62. The monoisotopic (exact) mass is 408 g/mol. The fourth-order valence-electron chi connectivity index (χ4n) is 4.96. The molecule has 0 N–H and O–H groups in total. The smallest absolute Gasteiger partial charge is 0.178 e. The van der Waals surface area contributed by atoms with Crippen molar-refractivity contribution in [3.63, 3.8) is 0 Å². The van der Waals surface area contributed by atoms with Gasteiger partial charge in [0, 0.05) is 11.7 Å². The summed E-state index contributed by atoms with van der Waals surface area (Å²) in [5.41, 5.74) is 5.24. The summed E-state index contributed by atoms with van der Waals surface area (Å²) < 4.78 is 2.12. The van der Waals surface area contributed by atoms with Gasteiger partial charge in [0.05, 0.1) is 6.04 Å². The highest BCUT2D eigenvalue weighted by Gasteiger charge is 2.37. The summed E-state index contributed by atoms with van der Waals surface area (Å²) in [7, 11) is 0. The van der Waals surface area contributed by atoms with Crippen LogP contribution in [0.3, 0.4) is 0 Å². The van der Waals surface area contributed by atoms with Crippen LogP contribution in [0.5, 0.6) is 0 Å². The van der Waals surface area contributed by atoms with E-state index in [1.54, 1.807) is 0 Å². The van der Waals surface area contributed by atoms with Gasteiger partial charge in [0.2, 0.25) is 0 Å². The maximum Gasteiger partial charge on any atom is 0.178 e. The van der Waals surface area contributed by atoms with E-state index < -0.39 is 0 Å². The van der Waals surface area contributed by atoms with Gasteiger partial charge in [0.25, 0.3) is 0 Å². The molecule has 0 bridgehead atoms. The van der Waals surface area contributed by atoms with Gasteiger partial charge in [-0.15, -0.1) is 5.10 Å². The van der Waals surface area contributed by atoms with Gasteiger partial charge in [0.1, 0.15) is 6.04 Å². The van der Waals surface area contributed by atoms with Gasteiger partial charge in [-0.3, -0.25) is 0 Å². The van der Waals surface area contributed by atoms with E-state index in [9.17, 15) is 0 Å². The van der Waals surface area contributed by atoms with Gasteiger partial charge in [-0.05, 0) is 60.7 Å². The lowest BCUT2D eigenvalue weighted by molar-refractivity contribution is -0.00000596. The molecule has 6 heteroatoms. The highest BCUT2D eigenvalue weighted by Crippen LogP contribution is 2.42. The Morgan fingerprint density at radius 3 is 2.48 bits per heavy atom. The Morgan fingerprint density at radius 2 is 1.72 bits per heavy atom. The third-order valence-electron chi connectivity index (χ3n) is 6.36. The molecule has 3 aromatic rings. The lowest BCUT2D eigenvalue weighted by atomic mass is 10.0. The number of benzene rings is 2. The summed E-state index contributed by atoms with van der Waals surface area (Å²) in [5.74, 6) is 0.972. The maximum atomic E-state index is 4.57. The molecule has 0 radical (unpaired) electrons. The standard InChI is InChI=1S/C23H27N5.ClH/c1-16-11-13-18(14-12-16)22(23-24-25-26-28(23)20-8-4-5-9-20)27-17(2)15-19-7-3-6-10-21(19)27;/h3,6-7,10-14,17,20,22H,4-5,8-9,15H2,1-2H3;1H/p-1. The number of rotatable bonds is 4. The molecule has 1 saturated carbocycles. The van der Waals surface area contributed by atoms with Crippen LogP contribution in [0.15, 0.2) is 48.5 Å². The molecule has 2 aliphatic rings. The zero-order chi connectivity index (χ0) is 19.1. The predicted molar refractivity (Wildman–Crippen MR) is 110 cm³/mol. The fourth-order valence-corrected chi connectivity index (χ4v) is 4.96. The van der Waals surface area contributed by atoms with Crippen molar-refractivity contribution in [1.82, 2.24) is 20.2 Å². The zero-order valence-electron chi connectivity index (χ0n) is 17.0. The van der Waals surface area contributed by atoms with Gasteiger partial charge >= 0.3 is 0 Å². The predicted octanol–water partition coefficient (Wildman–Crippen LogP) is 1.64. The zero-order valence-corrected chi connectivity index (χ0v) is 17.8. The van der Waals surface area contributed by atoms with E-state index in [2.05, 4.69) is 87.5 Å². The maximum absolute atomic E-state index is 4.57. The Labute approximate surface area is 178 Å². The van der Waals surface area contributed by atoms with Crippen molar-refractivity contribution in [3.05, 3.63) is 71.0 Å². The van der Waals surface area contributed by atoms with Crippen LogP contribution < -0.4 is 17.3 Å². The normalized spacial score (nSPS) is 19.8. The minimum atomic E-state index is 0. The summed E-state index contributed by atoms with van der Waals surface area (Å²) in [6, 6.07) is 18.5. The van der Waals surface area contributed by atoms with E-state index in [0.717, 1.165) is 12.2 Å². The molecule has 152 valence electrons. The lowest BCUT2D eigenvalue weighted by Crippen LogP contribution is -3.00. The van der Waals surface area contributed by atoms with Gasteiger partial charge < -0.3 is 17.3 Å². The Bertz CT molecular complexity index is 961. The second-order valence-electron chi connectivity index (χ2n) is 8.32. The van der Waals surface area contributed by atoms with E-state index in [-0.39, 0.29) is 18.4 Å². The molecule has 0 spiro atoms. The van der Waals surface area contributed by atoms with Gasteiger partial charge in [0.15, 0.2) is 5.82 Å². The summed E-state index contributed by atoms with van der Waals surface area (Å²) in [6.07, 6.45) is 5.93. The molecule has 1 fully saturated rings. The first-order valence-electron chi connectivity index (χ1n) is 10.4. The van der Waals surface area contributed by atoms with Crippen molar-refractivity contribution in [3.8, 4) is 0 Å². The Hall–Kier alpha value is -2.40. The van der Waals surface area contributed by atoms with Crippen molar-refractivity contribution < 1.29 is 12.4 Å². The van der Waals surface area contributed by atoms with E-state index in [1.165, 1.54) is 48.1 Å². The van der Waals surface area contributed by atoms with Gasteiger partial charge in [-0.1, -0.05) is 60.9 Å². The van der Waals surface area contributed by atoms with Crippen LogP contribution in [0.2, 0.25) is 0 Å². The van der Waals surface area contributed by atoms with Crippen molar-refractivity contribution in [2.45, 2.75) is 64.1 Å². The molecule has 1 aromatic heterocycles. The average Bonchev–Trinajstić information content (AvgIpc) is 3.44. The number of tetrazole rings is 1. The molecule has 2 heterocycles. The lowest BCUT2D eigenvalue weighted by Gasteiger charge is -2.34. The van der Waals surface area contributed by atoms with Crippen molar-refractivity contribution in [2.24, 2.45) is 0 Å². The second kappa shape index (κ2) is 8.15. The Balaban J connectivity index is 0.00000205. The fraction of sp³-hybridized carbons (Fsp3) is 0.435. The average molecular weight is 409 g/mol. The van der Waals surface area contributed by atoms with Crippen molar-refractivity contribution >= 4 is 5.69 Å². The first kappa shape index (κ1) is 19.9. The molecule has 0 amide bonds. The molecular weight excluding hydrogens is 382 g/mol. The highest BCUT2D eigenvalue weighted by atomic mass is 35.5. The molecule has 2 aromatic carbocycles. The molecule has 2 unspecified atom stereocenters. The van der Waals surface area contributed by atoms with Crippen LogP contribution in [-0.4, -0.2) is 26.2 Å². The van der Waals surface area contributed by atoms with Gasteiger partial charge in [-0.25, -0.2) is 4.68 Å². The number of hydrogen-bond donors (Lipinski definition) is 0. The molecular formula is C23H27ClN5-. The molecule has 1 aliphatic carbocycles. The number of aromatic nitrogens is 4. The third kappa shape index (κ3) is 3.52. The number of aryl methyl sites for hydroxylation is 1. The van der Waals surface area contributed by atoms with E-state index in [0.29, 0.717) is 12.1 Å². The molecule has 1 aliphatic heterocycles. The molecule has 0 saturated heterocycles. The minimum absolute atomic E-state index is 0. The Morgan fingerprint density at radius 1 is 1.00 bits per heavy atom. The molecule has 5 nitrogen and oxygen atoms in total. The van der Waals surface area contributed by atoms with Gasteiger partial charge in [-0.2, -0.15) is 0 Å². The molecule has 5 rings (SSSR count). The summed E-state index contributed by atoms with van der Waals surface area (Å²) >= 11 is 0. The number of fused-ring (bicyclic) bond motifs is 1. The quantitative estimate of drug-likeness (QED) is 0.658. The van der Waals surface area contributed by atoms with E-state index >= 15 is 0 Å². The second-order valence-corrected chi connectivity index (χ2v) is 8.32. The summed E-state index contributed by atoms with van der Waals surface area (Å²) in [6.45, 7) is 4.44. The minimum Gasteiger partial charge on any atom is -1.00 e. The molecule has 29 heavy (non-hydrogen) atoms. The summed E-state index contributed by atoms with van der Waals surface area (Å²) in [5, 5.41) is 13.1. The SMILES string of the molecule is Cc1ccc(C(c2nnnn2C2CCCC2)N2c3ccccc3CC2C)cc1.[Cl-]. The van der Waals surface area contributed by atoms with Crippen LogP contribution in [0.4, 0.5) is 5.69 Å². The largest absolute Gasteiger partial charge is 1.00 e. The number of nitrogens with zero attached hydrogens (tertiary/aromatic N) is 5. The van der Waals surface area contributed by atoms with Crippen molar-refractivity contribution in [2.75, 3.05) is 4.90 Å². The van der Waals surface area contributed by atoms with E-state index in [4.69, 9.17) is 0 Å².